The molecule has 1 nitrogen and oxygen atoms in total. The van der Waals surface area contributed by atoms with Crippen LogP contribution in [0.15, 0.2) is 54.3 Å². The summed E-state index contributed by atoms with van der Waals surface area (Å²) >= 11 is 0. The van der Waals surface area contributed by atoms with Crippen LogP contribution < -0.4 is 4.90 Å². The monoisotopic (exact) mass is 199 g/mol. The number of allylic oxidation sites excluding steroid dienone is 3. The van der Waals surface area contributed by atoms with Gasteiger partial charge in [0.25, 0.3) is 0 Å². The highest BCUT2D eigenvalue weighted by Gasteiger charge is 2.02. The third kappa shape index (κ3) is 2.72. The van der Waals surface area contributed by atoms with E-state index in [1.165, 1.54) is 24.1 Å². The topological polar surface area (TPSA) is 3.24 Å². The van der Waals surface area contributed by atoms with E-state index in [9.17, 15) is 0 Å². The Balaban J connectivity index is 2.09. The molecule has 0 aliphatic heterocycles. The highest BCUT2D eigenvalue weighted by Crippen LogP contribution is 2.19. The predicted molar refractivity (Wildman–Crippen MR) is 65.9 cm³/mol. The summed E-state index contributed by atoms with van der Waals surface area (Å²) in [5, 5.41) is 0. The van der Waals surface area contributed by atoms with Gasteiger partial charge in [-0.2, -0.15) is 0 Å². The smallest absolute Gasteiger partial charge is 0.0403 e. The summed E-state index contributed by atoms with van der Waals surface area (Å²) in [6.07, 6.45) is 10.3. The van der Waals surface area contributed by atoms with Crippen LogP contribution in [0, 0.1) is 0 Å². The first-order valence-corrected chi connectivity index (χ1v) is 5.49. The highest BCUT2D eigenvalue weighted by molar-refractivity contribution is 5.48. The largest absolute Gasteiger partial charge is 0.351 e. The molecule has 78 valence electrons. The molecule has 1 aromatic rings. The molecule has 1 aliphatic rings. The average Bonchev–Trinajstić information content (AvgIpc) is 2.31. The molecule has 0 aromatic heterocycles. The first kappa shape index (κ1) is 10.0. The maximum absolute atomic E-state index is 2.26. The van der Waals surface area contributed by atoms with Crippen molar-refractivity contribution >= 4 is 5.69 Å². The van der Waals surface area contributed by atoms with Crippen LogP contribution in [0.4, 0.5) is 5.69 Å². The normalized spacial score (nSPS) is 18.1. The van der Waals surface area contributed by atoms with E-state index in [-0.39, 0.29) is 0 Å². The Hall–Kier alpha value is -1.50. The van der Waals surface area contributed by atoms with Crippen molar-refractivity contribution in [1.29, 1.82) is 0 Å². The van der Waals surface area contributed by atoms with Crippen LogP contribution in [0.2, 0.25) is 0 Å². The Morgan fingerprint density at radius 2 is 1.93 bits per heavy atom. The lowest BCUT2D eigenvalue weighted by atomic mass is 10.0. The van der Waals surface area contributed by atoms with Gasteiger partial charge in [0.15, 0.2) is 0 Å². The van der Waals surface area contributed by atoms with Gasteiger partial charge in [0.1, 0.15) is 0 Å². The summed E-state index contributed by atoms with van der Waals surface area (Å²) in [5.41, 5.74) is 2.77. The molecule has 1 aromatic carbocycles. The van der Waals surface area contributed by atoms with E-state index >= 15 is 0 Å². The van der Waals surface area contributed by atoms with Gasteiger partial charge in [0.05, 0.1) is 0 Å². The summed E-state index contributed by atoms with van der Waals surface area (Å²) in [4.78, 5) is 2.20. The zero-order valence-electron chi connectivity index (χ0n) is 9.19. The van der Waals surface area contributed by atoms with Crippen LogP contribution in [0.1, 0.15) is 19.3 Å². The van der Waals surface area contributed by atoms with E-state index in [1.54, 1.807) is 0 Å². The lowest BCUT2D eigenvalue weighted by molar-refractivity contribution is 0.887. The second kappa shape index (κ2) is 4.83. The number of para-hydroxylation sites is 1. The maximum Gasteiger partial charge on any atom is 0.0403 e. The minimum absolute atomic E-state index is 1.11. The van der Waals surface area contributed by atoms with Gasteiger partial charge in [-0.3, -0.25) is 0 Å². The van der Waals surface area contributed by atoms with Gasteiger partial charge in [-0.05, 0) is 37.0 Å². The number of hydrogen-bond acceptors (Lipinski definition) is 1. The molecular formula is C14H17N. The van der Waals surface area contributed by atoms with Gasteiger partial charge in [0.2, 0.25) is 0 Å². The summed E-state index contributed by atoms with van der Waals surface area (Å²) in [5.74, 6) is 0. The fourth-order valence-electron chi connectivity index (χ4n) is 1.85. The summed E-state index contributed by atoms with van der Waals surface area (Å²) < 4.78 is 0. The Kier molecular flexibility index (Phi) is 3.23. The van der Waals surface area contributed by atoms with Crippen LogP contribution in [-0.2, 0) is 0 Å². The van der Waals surface area contributed by atoms with Crippen molar-refractivity contribution in [2.24, 2.45) is 0 Å². The van der Waals surface area contributed by atoms with Crippen molar-refractivity contribution in [2.75, 3.05) is 11.9 Å². The maximum atomic E-state index is 2.26. The Morgan fingerprint density at radius 3 is 2.60 bits per heavy atom. The van der Waals surface area contributed by atoms with E-state index in [1.807, 2.05) is 6.07 Å². The molecule has 0 N–H and O–H groups in total. The molecule has 0 fully saturated rings. The molecule has 15 heavy (non-hydrogen) atoms. The van der Waals surface area contributed by atoms with Crippen LogP contribution in [0.3, 0.4) is 0 Å². The SMILES string of the molecule is CN(C=C1CC=CCC1)c1ccccc1. The summed E-state index contributed by atoms with van der Waals surface area (Å²) in [6.45, 7) is 0. The molecular weight excluding hydrogens is 182 g/mol. The lowest BCUT2D eigenvalue weighted by Crippen LogP contribution is -2.09. The number of hydrogen-bond donors (Lipinski definition) is 0. The van der Waals surface area contributed by atoms with Gasteiger partial charge in [0, 0.05) is 18.9 Å². The molecule has 1 aliphatic carbocycles. The number of rotatable bonds is 2. The van der Waals surface area contributed by atoms with E-state index < -0.39 is 0 Å². The van der Waals surface area contributed by atoms with Crippen molar-refractivity contribution in [2.45, 2.75) is 19.3 Å². The van der Waals surface area contributed by atoms with E-state index in [0.29, 0.717) is 0 Å². The molecule has 0 saturated heterocycles. The van der Waals surface area contributed by atoms with Gasteiger partial charge in [-0.15, -0.1) is 0 Å². The zero-order chi connectivity index (χ0) is 10.5. The minimum Gasteiger partial charge on any atom is -0.351 e. The fraction of sp³-hybridized carbons (Fsp3) is 0.286. The first-order chi connectivity index (χ1) is 7.36. The van der Waals surface area contributed by atoms with Crippen LogP contribution in [-0.4, -0.2) is 7.05 Å². The van der Waals surface area contributed by atoms with Crippen LogP contribution >= 0.6 is 0 Å². The summed E-state index contributed by atoms with van der Waals surface area (Å²) in [6, 6.07) is 10.5. The number of benzene rings is 1. The Bertz CT molecular complexity index is 362. The fourth-order valence-corrected chi connectivity index (χ4v) is 1.85. The zero-order valence-corrected chi connectivity index (χ0v) is 9.19. The summed E-state index contributed by atoms with van der Waals surface area (Å²) in [7, 11) is 2.11. The Labute approximate surface area is 91.7 Å². The molecule has 0 bridgehead atoms. The third-order valence-corrected chi connectivity index (χ3v) is 2.72. The average molecular weight is 199 g/mol. The molecule has 0 atom stereocenters. The van der Waals surface area contributed by atoms with Crippen molar-refractivity contribution in [1.82, 2.24) is 0 Å². The quantitative estimate of drug-likeness (QED) is 0.656. The van der Waals surface area contributed by atoms with Gasteiger partial charge >= 0.3 is 0 Å². The molecule has 0 amide bonds. The van der Waals surface area contributed by atoms with E-state index in [2.05, 4.69) is 54.6 Å². The van der Waals surface area contributed by atoms with Crippen LogP contribution in [0.25, 0.3) is 0 Å². The molecule has 0 heterocycles. The third-order valence-electron chi connectivity index (χ3n) is 2.72. The molecule has 0 unspecified atom stereocenters. The van der Waals surface area contributed by atoms with Crippen molar-refractivity contribution in [3.8, 4) is 0 Å². The first-order valence-electron chi connectivity index (χ1n) is 5.49. The van der Waals surface area contributed by atoms with E-state index in [0.717, 1.165) is 6.42 Å². The van der Waals surface area contributed by atoms with Gasteiger partial charge in [-0.1, -0.05) is 30.4 Å². The van der Waals surface area contributed by atoms with Crippen molar-refractivity contribution in [3.05, 3.63) is 54.3 Å². The van der Waals surface area contributed by atoms with Gasteiger partial charge < -0.3 is 4.90 Å². The van der Waals surface area contributed by atoms with Gasteiger partial charge in [-0.25, -0.2) is 0 Å². The lowest BCUT2D eigenvalue weighted by Gasteiger charge is -2.17. The van der Waals surface area contributed by atoms with Crippen molar-refractivity contribution < 1.29 is 0 Å². The predicted octanol–water partition coefficient (Wildman–Crippen LogP) is 3.75. The molecule has 2 rings (SSSR count). The molecule has 1 heteroatoms. The standard InChI is InChI=1S/C14H17N/c1-15(14-10-6-3-7-11-14)12-13-8-4-2-5-9-13/h2-4,6-7,10-12H,5,8-9H2,1H3. The Morgan fingerprint density at radius 1 is 1.13 bits per heavy atom. The number of anilines is 1. The highest BCUT2D eigenvalue weighted by atomic mass is 15.1. The van der Waals surface area contributed by atoms with Crippen LogP contribution in [0.5, 0.6) is 0 Å². The second-order valence-electron chi connectivity index (χ2n) is 3.95. The van der Waals surface area contributed by atoms with Crippen molar-refractivity contribution in [3.63, 3.8) is 0 Å². The molecule has 0 spiro atoms. The molecule has 0 radical (unpaired) electrons. The number of nitrogens with zero attached hydrogens (tertiary/aromatic N) is 1. The minimum atomic E-state index is 1.11. The van der Waals surface area contributed by atoms with E-state index in [4.69, 9.17) is 0 Å². The second-order valence-corrected chi connectivity index (χ2v) is 3.95. The molecule has 0 saturated carbocycles.